The van der Waals surface area contributed by atoms with Crippen LogP contribution in [0.4, 0.5) is 0 Å². The maximum absolute atomic E-state index is 13.2. The molecule has 0 spiro atoms. The Morgan fingerprint density at radius 2 is 2.00 bits per heavy atom. The molecule has 0 unspecified atom stereocenters. The van der Waals surface area contributed by atoms with E-state index in [0.717, 1.165) is 24.8 Å². The quantitative estimate of drug-likeness (QED) is 0.890. The normalized spacial score (nSPS) is 25.5. The lowest BCUT2D eigenvalue weighted by atomic mass is 9.87. The number of H-pyrrole nitrogens is 1. The second-order valence-electron chi connectivity index (χ2n) is 6.81. The highest BCUT2D eigenvalue weighted by Crippen LogP contribution is 2.50. The molecule has 1 aromatic carbocycles. The van der Waals surface area contributed by atoms with Gasteiger partial charge in [0.05, 0.1) is 18.2 Å². The first-order valence-electron chi connectivity index (χ1n) is 8.18. The third-order valence-electron chi connectivity index (χ3n) is 5.21. The summed E-state index contributed by atoms with van der Waals surface area (Å²) in [5.41, 5.74) is -0.0762. The molecule has 1 aliphatic carbocycles. The van der Waals surface area contributed by atoms with Gasteiger partial charge in [0.15, 0.2) is 0 Å². The molecule has 126 valence electrons. The topological polar surface area (TPSA) is 82.1 Å². The van der Waals surface area contributed by atoms with Crippen molar-refractivity contribution in [1.29, 1.82) is 0 Å². The number of β-amino-alcohol motifs (C(OH)–C–C–N with tert-alkyl or cyclic N) is 1. The Labute approximate surface area is 144 Å². The molecule has 0 bridgehead atoms. The number of piperidine rings is 1. The highest BCUT2D eigenvalue weighted by atomic mass is 35.5. The second-order valence-corrected chi connectivity index (χ2v) is 7.24. The van der Waals surface area contributed by atoms with Crippen LogP contribution in [0, 0.1) is 0 Å². The van der Waals surface area contributed by atoms with Gasteiger partial charge >= 0.3 is 0 Å². The molecule has 4 rings (SSSR count). The van der Waals surface area contributed by atoms with E-state index in [9.17, 15) is 9.90 Å². The van der Waals surface area contributed by atoms with Gasteiger partial charge in [-0.15, -0.1) is 0 Å². The third-order valence-corrected chi connectivity index (χ3v) is 5.46. The summed E-state index contributed by atoms with van der Waals surface area (Å²) in [5, 5.41) is 21.9. The Kier molecular flexibility index (Phi) is 3.62. The second kappa shape index (κ2) is 5.57. The average molecular weight is 347 g/mol. The molecule has 2 heterocycles. The lowest BCUT2D eigenvalue weighted by molar-refractivity contribution is -0.141. The Morgan fingerprint density at radius 1 is 1.25 bits per heavy atom. The number of aliphatic hydroxyl groups is 1. The fourth-order valence-electron chi connectivity index (χ4n) is 3.67. The molecule has 1 atom stereocenters. The van der Waals surface area contributed by atoms with Crippen LogP contribution in [-0.4, -0.2) is 44.4 Å². The van der Waals surface area contributed by atoms with Gasteiger partial charge in [-0.25, -0.2) is 0 Å². The largest absolute Gasteiger partial charge is 0.382 e. The Morgan fingerprint density at radius 3 is 2.62 bits per heavy atom. The van der Waals surface area contributed by atoms with Gasteiger partial charge in [0.1, 0.15) is 11.3 Å². The van der Waals surface area contributed by atoms with E-state index in [0.29, 0.717) is 23.7 Å². The van der Waals surface area contributed by atoms with E-state index in [2.05, 4.69) is 15.4 Å². The van der Waals surface area contributed by atoms with Crippen molar-refractivity contribution in [3.05, 3.63) is 46.7 Å². The molecule has 7 heteroatoms. The zero-order valence-electron chi connectivity index (χ0n) is 13.2. The number of carbonyl (C=O) groups is 1. The first-order chi connectivity index (χ1) is 11.5. The number of hydrogen-bond donors (Lipinski definition) is 2. The molecule has 1 saturated heterocycles. The number of amides is 1. The zero-order valence-corrected chi connectivity index (χ0v) is 14.0. The highest BCUT2D eigenvalue weighted by molar-refractivity contribution is 6.30. The fourth-order valence-corrected chi connectivity index (χ4v) is 3.79. The number of benzene rings is 1. The van der Waals surface area contributed by atoms with Gasteiger partial charge in [0.25, 0.3) is 0 Å². The van der Waals surface area contributed by atoms with E-state index in [4.69, 9.17) is 11.6 Å². The standard InChI is InChI=1S/C17H19ClN4O2/c18-13-4-2-12(3-5-13)16(7-8-16)15(23)22-9-1-6-17(24,11-22)14-10-19-21-20-14/h2-5,10,24H,1,6-9,11H2,(H,19,20,21)/t17-/m0/s1. The van der Waals surface area contributed by atoms with Crippen molar-refractivity contribution in [2.45, 2.75) is 36.7 Å². The number of likely N-dealkylation sites (tertiary alicyclic amines) is 1. The average Bonchev–Trinajstić information content (AvgIpc) is 3.19. The zero-order chi connectivity index (χ0) is 16.8. The van der Waals surface area contributed by atoms with Crippen LogP contribution in [0.15, 0.2) is 30.5 Å². The minimum atomic E-state index is -1.13. The van der Waals surface area contributed by atoms with Gasteiger partial charge in [0, 0.05) is 11.6 Å². The van der Waals surface area contributed by atoms with Crippen LogP contribution in [-0.2, 0) is 15.8 Å². The van der Waals surface area contributed by atoms with Crippen molar-refractivity contribution in [2.75, 3.05) is 13.1 Å². The molecular weight excluding hydrogens is 328 g/mol. The Balaban J connectivity index is 1.57. The molecule has 0 radical (unpaired) electrons. The van der Waals surface area contributed by atoms with E-state index >= 15 is 0 Å². The van der Waals surface area contributed by atoms with Crippen LogP contribution in [0.5, 0.6) is 0 Å². The molecule has 2 aromatic rings. The third kappa shape index (κ3) is 2.50. The predicted molar refractivity (Wildman–Crippen MR) is 88.5 cm³/mol. The molecule has 1 aromatic heterocycles. The molecule has 24 heavy (non-hydrogen) atoms. The highest BCUT2D eigenvalue weighted by Gasteiger charge is 2.54. The van der Waals surface area contributed by atoms with E-state index < -0.39 is 11.0 Å². The van der Waals surface area contributed by atoms with Crippen molar-refractivity contribution in [3.63, 3.8) is 0 Å². The predicted octanol–water partition coefficient (Wildman–Crippen LogP) is 2.00. The smallest absolute Gasteiger partial charge is 0.233 e. The van der Waals surface area contributed by atoms with Crippen molar-refractivity contribution in [1.82, 2.24) is 20.3 Å². The van der Waals surface area contributed by atoms with Crippen LogP contribution in [0.3, 0.4) is 0 Å². The first kappa shape index (κ1) is 15.6. The number of nitrogens with one attached hydrogen (secondary N) is 1. The van der Waals surface area contributed by atoms with E-state index in [1.807, 2.05) is 24.3 Å². The van der Waals surface area contributed by atoms with Crippen molar-refractivity contribution in [2.24, 2.45) is 0 Å². The van der Waals surface area contributed by atoms with E-state index in [-0.39, 0.29) is 12.5 Å². The minimum Gasteiger partial charge on any atom is -0.382 e. The maximum atomic E-state index is 13.2. The number of halogens is 1. The fraction of sp³-hybridized carbons (Fsp3) is 0.471. The van der Waals surface area contributed by atoms with Crippen LogP contribution in [0.25, 0.3) is 0 Å². The van der Waals surface area contributed by atoms with Crippen molar-refractivity contribution >= 4 is 17.5 Å². The summed E-state index contributed by atoms with van der Waals surface area (Å²) in [5.74, 6) is 0.0893. The summed E-state index contributed by atoms with van der Waals surface area (Å²) >= 11 is 5.96. The summed E-state index contributed by atoms with van der Waals surface area (Å²) in [6.07, 6.45) is 4.53. The van der Waals surface area contributed by atoms with Crippen molar-refractivity contribution in [3.8, 4) is 0 Å². The SMILES string of the molecule is O=C(N1CCC[C@@](O)(c2cn[nH]n2)C1)C1(c2ccc(Cl)cc2)CC1. The maximum Gasteiger partial charge on any atom is 0.233 e. The van der Waals surface area contributed by atoms with Gasteiger partial charge in [-0.1, -0.05) is 23.7 Å². The van der Waals surface area contributed by atoms with Gasteiger partial charge in [-0.2, -0.15) is 15.4 Å². The van der Waals surface area contributed by atoms with Gasteiger partial charge in [-0.05, 0) is 43.4 Å². The number of carbonyl (C=O) groups excluding carboxylic acids is 1. The lowest BCUT2D eigenvalue weighted by Gasteiger charge is -2.39. The Bertz CT molecular complexity index is 742. The van der Waals surface area contributed by atoms with Gasteiger partial charge < -0.3 is 10.0 Å². The van der Waals surface area contributed by atoms with Crippen LogP contribution < -0.4 is 0 Å². The van der Waals surface area contributed by atoms with Crippen molar-refractivity contribution < 1.29 is 9.90 Å². The number of aromatic nitrogens is 3. The monoisotopic (exact) mass is 346 g/mol. The van der Waals surface area contributed by atoms with E-state index in [1.165, 1.54) is 6.20 Å². The molecule has 1 amide bonds. The molecule has 2 fully saturated rings. The summed E-state index contributed by atoms with van der Waals surface area (Å²) < 4.78 is 0. The summed E-state index contributed by atoms with van der Waals surface area (Å²) in [7, 11) is 0. The lowest BCUT2D eigenvalue weighted by Crippen LogP contribution is -2.51. The number of aromatic amines is 1. The molecular formula is C17H19ClN4O2. The van der Waals surface area contributed by atoms with Crippen LogP contribution >= 0.6 is 11.6 Å². The molecule has 1 saturated carbocycles. The minimum absolute atomic E-state index is 0.0893. The number of hydrogen-bond acceptors (Lipinski definition) is 4. The van der Waals surface area contributed by atoms with Crippen LogP contribution in [0.1, 0.15) is 36.9 Å². The molecule has 2 aliphatic rings. The summed E-state index contributed by atoms with van der Waals surface area (Å²) in [6, 6.07) is 7.51. The van der Waals surface area contributed by atoms with E-state index in [1.54, 1.807) is 4.90 Å². The Hall–Kier alpha value is -1.92. The first-order valence-corrected chi connectivity index (χ1v) is 8.55. The molecule has 2 N–H and O–H groups in total. The van der Waals surface area contributed by atoms with Gasteiger partial charge in [0.2, 0.25) is 5.91 Å². The number of nitrogens with zero attached hydrogens (tertiary/aromatic N) is 3. The molecule has 6 nitrogen and oxygen atoms in total. The van der Waals surface area contributed by atoms with Gasteiger partial charge in [-0.3, -0.25) is 4.79 Å². The molecule has 1 aliphatic heterocycles. The summed E-state index contributed by atoms with van der Waals surface area (Å²) in [6.45, 7) is 0.919. The number of rotatable bonds is 3. The van der Waals surface area contributed by atoms with Crippen LogP contribution in [0.2, 0.25) is 5.02 Å². The summed E-state index contributed by atoms with van der Waals surface area (Å²) in [4.78, 5) is 14.9.